The number of nitrogens with one attached hydrogen (secondary N) is 1. The normalized spacial score (nSPS) is 10.3. The molecule has 3 N–H and O–H groups in total. The molecule has 0 aliphatic rings. The van der Waals surface area contributed by atoms with Crippen molar-refractivity contribution in [3.8, 4) is 0 Å². The van der Waals surface area contributed by atoms with Gasteiger partial charge in [0.15, 0.2) is 0 Å². The molecular weight excluding hydrogens is 323 g/mol. The van der Waals surface area contributed by atoms with Gasteiger partial charge in [-0.15, -0.1) is 0 Å². The molecule has 0 saturated carbocycles. The largest absolute Gasteiger partial charge is 0.389 e. The Morgan fingerprint density at radius 2 is 1.53 bits per heavy atom. The average Bonchev–Trinajstić information content (AvgIpc) is 2.34. The highest BCUT2D eigenvalue weighted by atomic mass is 35.5. The summed E-state index contributed by atoms with van der Waals surface area (Å²) in [5, 5.41) is 4.51. The lowest BCUT2D eigenvalue weighted by molar-refractivity contribution is 1.52. The van der Waals surface area contributed by atoms with E-state index < -0.39 is 0 Å². The van der Waals surface area contributed by atoms with Gasteiger partial charge in [0.1, 0.15) is 4.99 Å². The van der Waals surface area contributed by atoms with E-state index >= 15 is 0 Å². The van der Waals surface area contributed by atoms with Crippen LogP contribution in [0, 0.1) is 0 Å². The van der Waals surface area contributed by atoms with Gasteiger partial charge < -0.3 is 11.1 Å². The van der Waals surface area contributed by atoms with Gasteiger partial charge in [-0.25, -0.2) is 0 Å². The molecule has 0 aliphatic heterocycles. The number of halogens is 3. The number of anilines is 2. The number of nitrogens with two attached hydrogens (primary N) is 1. The molecule has 19 heavy (non-hydrogen) atoms. The van der Waals surface area contributed by atoms with Crippen LogP contribution in [0.25, 0.3) is 0 Å². The van der Waals surface area contributed by atoms with Crippen LogP contribution in [0.2, 0.25) is 15.1 Å². The zero-order chi connectivity index (χ0) is 14.0. The summed E-state index contributed by atoms with van der Waals surface area (Å²) in [6.07, 6.45) is 0. The fourth-order valence-electron chi connectivity index (χ4n) is 1.62. The highest BCUT2D eigenvalue weighted by molar-refractivity contribution is 7.80. The SMILES string of the molecule is NC(=S)c1c(Cl)cccc1Nc1cccc(Cl)c1Cl. The maximum Gasteiger partial charge on any atom is 0.107 e. The van der Waals surface area contributed by atoms with Gasteiger partial charge in [0.05, 0.1) is 32.0 Å². The molecule has 2 nitrogen and oxygen atoms in total. The van der Waals surface area contributed by atoms with Crippen LogP contribution in [0.1, 0.15) is 5.56 Å². The van der Waals surface area contributed by atoms with Crippen molar-refractivity contribution in [3.05, 3.63) is 57.0 Å². The van der Waals surface area contributed by atoms with Crippen LogP contribution in [-0.4, -0.2) is 4.99 Å². The van der Waals surface area contributed by atoms with Crippen LogP contribution < -0.4 is 11.1 Å². The van der Waals surface area contributed by atoms with Crippen molar-refractivity contribution >= 4 is 63.4 Å². The zero-order valence-electron chi connectivity index (χ0n) is 9.58. The molecule has 0 aliphatic carbocycles. The van der Waals surface area contributed by atoms with Crippen molar-refractivity contribution in [1.82, 2.24) is 0 Å². The lowest BCUT2D eigenvalue weighted by atomic mass is 10.1. The maximum absolute atomic E-state index is 6.12. The summed E-state index contributed by atoms with van der Waals surface area (Å²) in [5.74, 6) is 0. The van der Waals surface area contributed by atoms with Crippen LogP contribution in [0.5, 0.6) is 0 Å². The van der Waals surface area contributed by atoms with Crippen molar-refractivity contribution in [2.24, 2.45) is 5.73 Å². The van der Waals surface area contributed by atoms with Gasteiger partial charge in [0, 0.05) is 0 Å². The number of thiocarbonyl (C=S) groups is 1. The number of rotatable bonds is 3. The minimum atomic E-state index is 0.214. The Morgan fingerprint density at radius 3 is 2.16 bits per heavy atom. The van der Waals surface area contributed by atoms with Gasteiger partial charge in [0.25, 0.3) is 0 Å². The molecule has 0 bridgehead atoms. The van der Waals surface area contributed by atoms with Crippen LogP contribution in [0.4, 0.5) is 11.4 Å². The molecular formula is C13H9Cl3N2S. The summed E-state index contributed by atoms with van der Waals surface area (Å²) in [5.41, 5.74) is 7.61. The van der Waals surface area contributed by atoms with Crippen molar-refractivity contribution in [3.63, 3.8) is 0 Å². The van der Waals surface area contributed by atoms with Gasteiger partial charge in [-0.2, -0.15) is 0 Å². The third-order valence-electron chi connectivity index (χ3n) is 2.48. The van der Waals surface area contributed by atoms with Crippen molar-refractivity contribution in [1.29, 1.82) is 0 Å². The third-order valence-corrected chi connectivity index (χ3v) is 3.82. The second kappa shape index (κ2) is 5.97. The van der Waals surface area contributed by atoms with Gasteiger partial charge in [-0.1, -0.05) is 59.2 Å². The molecule has 98 valence electrons. The molecule has 2 aromatic carbocycles. The maximum atomic E-state index is 6.12. The molecule has 0 amide bonds. The monoisotopic (exact) mass is 330 g/mol. The summed E-state index contributed by atoms with van der Waals surface area (Å²) in [4.78, 5) is 0.214. The molecule has 0 saturated heterocycles. The van der Waals surface area contributed by atoms with E-state index in [-0.39, 0.29) is 4.99 Å². The lowest BCUT2D eigenvalue weighted by Gasteiger charge is -2.14. The van der Waals surface area contributed by atoms with Gasteiger partial charge in [-0.05, 0) is 24.3 Å². The minimum absolute atomic E-state index is 0.214. The first-order valence-electron chi connectivity index (χ1n) is 5.30. The number of hydrogen-bond donors (Lipinski definition) is 2. The summed E-state index contributed by atoms with van der Waals surface area (Å²) in [6, 6.07) is 10.6. The average molecular weight is 332 g/mol. The Balaban J connectivity index is 2.47. The molecule has 0 unspecified atom stereocenters. The molecule has 6 heteroatoms. The van der Waals surface area contributed by atoms with Crippen LogP contribution in [-0.2, 0) is 0 Å². The number of benzene rings is 2. The second-order valence-electron chi connectivity index (χ2n) is 3.75. The Morgan fingerprint density at radius 1 is 0.947 bits per heavy atom. The molecule has 0 heterocycles. The standard InChI is InChI=1S/C13H9Cl3N2S/c14-7-3-1-5-9(11(7)13(17)19)18-10-6-2-4-8(15)12(10)16/h1-6,18H,(H2,17,19). The predicted molar refractivity (Wildman–Crippen MR) is 87.1 cm³/mol. The molecule has 0 spiro atoms. The Labute approximate surface area is 131 Å². The van der Waals surface area contributed by atoms with Crippen molar-refractivity contribution < 1.29 is 0 Å². The van der Waals surface area contributed by atoms with E-state index in [0.717, 1.165) is 0 Å². The molecule has 0 aromatic heterocycles. The summed E-state index contributed by atoms with van der Waals surface area (Å²) < 4.78 is 0. The van der Waals surface area contributed by atoms with E-state index in [0.29, 0.717) is 32.0 Å². The second-order valence-corrected chi connectivity index (χ2v) is 5.39. The van der Waals surface area contributed by atoms with E-state index in [1.807, 2.05) is 6.07 Å². The van der Waals surface area contributed by atoms with E-state index in [9.17, 15) is 0 Å². The van der Waals surface area contributed by atoms with E-state index in [1.165, 1.54) is 0 Å². The topological polar surface area (TPSA) is 38.0 Å². The summed E-state index contributed by atoms with van der Waals surface area (Å²) >= 11 is 23.2. The fourth-order valence-corrected chi connectivity index (χ4v) is 2.52. The first-order valence-corrected chi connectivity index (χ1v) is 6.84. The molecule has 2 aromatic rings. The van der Waals surface area contributed by atoms with E-state index in [2.05, 4.69) is 5.32 Å². The Bertz CT molecular complexity index is 644. The van der Waals surface area contributed by atoms with Crippen LogP contribution in [0.15, 0.2) is 36.4 Å². The van der Waals surface area contributed by atoms with E-state index in [4.69, 9.17) is 52.8 Å². The lowest BCUT2D eigenvalue weighted by Crippen LogP contribution is -2.12. The molecule has 0 atom stereocenters. The van der Waals surface area contributed by atoms with Gasteiger partial charge in [0.2, 0.25) is 0 Å². The van der Waals surface area contributed by atoms with Crippen molar-refractivity contribution in [2.75, 3.05) is 5.32 Å². The van der Waals surface area contributed by atoms with Crippen LogP contribution >= 0.6 is 47.0 Å². The zero-order valence-corrected chi connectivity index (χ0v) is 12.7. The molecule has 0 radical (unpaired) electrons. The summed E-state index contributed by atoms with van der Waals surface area (Å²) in [7, 11) is 0. The summed E-state index contributed by atoms with van der Waals surface area (Å²) in [6.45, 7) is 0. The highest BCUT2D eigenvalue weighted by Gasteiger charge is 2.11. The first-order chi connectivity index (χ1) is 9.00. The highest BCUT2D eigenvalue weighted by Crippen LogP contribution is 2.34. The molecule has 2 rings (SSSR count). The predicted octanol–water partition coefficient (Wildman–Crippen LogP) is 5.02. The van der Waals surface area contributed by atoms with Gasteiger partial charge >= 0.3 is 0 Å². The number of hydrogen-bond acceptors (Lipinski definition) is 2. The Hall–Kier alpha value is -1.000. The minimum Gasteiger partial charge on any atom is -0.389 e. The van der Waals surface area contributed by atoms with Crippen LogP contribution in [0.3, 0.4) is 0 Å². The quantitative estimate of drug-likeness (QED) is 0.775. The smallest absolute Gasteiger partial charge is 0.107 e. The Kier molecular flexibility index (Phi) is 4.53. The third kappa shape index (κ3) is 3.12. The fraction of sp³-hybridized carbons (Fsp3) is 0. The van der Waals surface area contributed by atoms with Crippen molar-refractivity contribution in [2.45, 2.75) is 0 Å². The van der Waals surface area contributed by atoms with Gasteiger partial charge in [-0.3, -0.25) is 0 Å². The first kappa shape index (κ1) is 14.4. The molecule has 0 fully saturated rings. The van der Waals surface area contributed by atoms with E-state index in [1.54, 1.807) is 30.3 Å².